The number of imidazole rings is 1. The number of carboxylic acids is 1. The monoisotopic (exact) mass is 269 g/mol. The van der Waals surface area contributed by atoms with Crippen molar-refractivity contribution >= 4 is 17.9 Å². The van der Waals surface area contributed by atoms with Crippen LogP contribution in [0.2, 0.25) is 0 Å². The summed E-state index contributed by atoms with van der Waals surface area (Å²) in [5.41, 5.74) is 5.52. The number of aromatic nitrogens is 2. The Morgan fingerprint density at radius 2 is 2.26 bits per heavy atom. The molecule has 104 valence electrons. The largest absolute Gasteiger partial charge is 0.480 e. The quantitative estimate of drug-likeness (QED) is 0.499. The molecule has 0 radical (unpaired) electrons. The molecule has 0 aliphatic carbocycles. The minimum Gasteiger partial charge on any atom is -0.480 e. The van der Waals surface area contributed by atoms with Crippen LogP contribution in [0.5, 0.6) is 0 Å². The molecule has 0 aliphatic heterocycles. The van der Waals surface area contributed by atoms with Crippen molar-refractivity contribution < 1.29 is 19.5 Å². The van der Waals surface area contributed by atoms with Gasteiger partial charge in [-0.3, -0.25) is 4.79 Å². The van der Waals surface area contributed by atoms with Crippen molar-refractivity contribution in [1.82, 2.24) is 20.2 Å². The summed E-state index contributed by atoms with van der Waals surface area (Å²) in [5, 5.41) is 11.3. The average molecular weight is 269 g/mol. The molecule has 19 heavy (non-hydrogen) atoms. The van der Waals surface area contributed by atoms with E-state index >= 15 is 0 Å². The third-order valence-corrected chi connectivity index (χ3v) is 2.31. The van der Waals surface area contributed by atoms with Gasteiger partial charge in [0.25, 0.3) is 0 Å². The lowest BCUT2D eigenvalue weighted by molar-refractivity contribution is -0.139. The molecule has 0 aromatic carbocycles. The maximum atomic E-state index is 11.6. The van der Waals surface area contributed by atoms with Gasteiger partial charge in [-0.1, -0.05) is 0 Å². The van der Waals surface area contributed by atoms with E-state index in [1.165, 1.54) is 19.6 Å². The van der Waals surface area contributed by atoms with E-state index in [0.29, 0.717) is 5.69 Å². The zero-order valence-electron chi connectivity index (χ0n) is 10.3. The van der Waals surface area contributed by atoms with Gasteiger partial charge in [-0.15, -0.1) is 0 Å². The SMILES string of the molecule is CN(CC(N)=O)C(=O)NC(Cc1cnc[nH]1)C(=O)O. The fourth-order valence-electron chi connectivity index (χ4n) is 1.38. The van der Waals surface area contributed by atoms with Gasteiger partial charge in [0.1, 0.15) is 12.6 Å². The van der Waals surface area contributed by atoms with Crippen molar-refractivity contribution in [2.75, 3.05) is 13.6 Å². The Labute approximate surface area is 108 Å². The Bertz CT molecular complexity index is 458. The van der Waals surface area contributed by atoms with Crippen molar-refractivity contribution in [2.45, 2.75) is 12.5 Å². The number of carboxylic acid groups (broad SMARTS) is 1. The standard InChI is InChI=1S/C10H15N5O4/c1-15(4-8(11)16)10(19)14-7(9(17)18)2-6-3-12-5-13-6/h3,5,7H,2,4H2,1H3,(H2,11,16)(H,12,13)(H,14,19)(H,17,18). The molecule has 0 saturated carbocycles. The lowest BCUT2D eigenvalue weighted by Crippen LogP contribution is -2.49. The molecular formula is C10H15N5O4. The number of rotatable bonds is 6. The van der Waals surface area contributed by atoms with Crippen LogP contribution in [0.3, 0.4) is 0 Å². The number of likely N-dealkylation sites (N-methyl/N-ethyl adjacent to an activating group) is 1. The maximum Gasteiger partial charge on any atom is 0.326 e. The third kappa shape index (κ3) is 4.66. The molecule has 3 amide bonds. The maximum absolute atomic E-state index is 11.6. The second kappa shape index (κ2) is 6.38. The average Bonchev–Trinajstić information content (AvgIpc) is 2.79. The van der Waals surface area contributed by atoms with Crippen LogP contribution < -0.4 is 11.1 Å². The number of primary amides is 1. The number of nitrogens with two attached hydrogens (primary N) is 1. The van der Waals surface area contributed by atoms with E-state index in [0.717, 1.165) is 4.90 Å². The molecule has 1 rings (SSSR count). The van der Waals surface area contributed by atoms with E-state index in [4.69, 9.17) is 10.8 Å². The molecule has 9 nitrogen and oxygen atoms in total. The lowest BCUT2D eigenvalue weighted by Gasteiger charge is -2.19. The van der Waals surface area contributed by atoms with Gasteiger partial charge in [0.15, 0.2) is 0 Å². The summed E-state index contributed by atoms with van der Waals surface area (Å²) >= 11 is 0. The number of urea groups is 1. The Morgan fingerprint density at radius 1 is 1.58 bits per heavy atom. The zero-order chi connectivity index (χ0) is 14.4. The summed E-state index contributed by atoms with van der Waals surface area (Å²) in [5.74, 6) is -1.87. The normalized spacial score (nSPS) is 11.6. The Morgan fingerprint density at radius 3 is 2.74 bits per heavy atom. The number of aliphatic carboxylic acids is 1. The van der Waals surface area contributed by atoms with Crippen molar-refractivity contribution in [1.29, 1.82) is 0 Å². The van der Waals surface area contributed by atoms with E-state index < -0.39 is 23.9 Å². The predicted octanol–water partition coefficient (Wildman–Crippen LogP) is -1.47. The molecule has 0 spiro atoms. The van der Waals surface area contributed by atoms with Crippen LogP contribution in [-0.4, -0.2) is 57.5 Å². The van der Waals surface area contributed by atoms with Crippen molar-refractivity contribution in [2.24, 2.45) is 5.73 Å². The number of hydrogen-bond donors (Lipinski definition) is 4. The highest BCUT2D eigenvalue weighted by molar-refractivity contribution is 5.86. The van der Waals surface area contributed by atoms with E-state index in [2.05, 4.69) is 15.3 Å². The molecule has 1 atom stereocenters. The predicted molar refractivity (Wildman–Crippen MR) is 64.1 cm³/mol. The number of aromatic amines is 1. The molecule has 0 aliphatic rings. The highest BCUT2D eigenvalue weighted by atomic mass is 16.4. The molecule has 0 fully saturated rings. The van der Waals surface area contributed by atoms with E-state index in [1.54, 1.807) is 0 Å². The van der Waals surface area contributed by atoms with Crippen LogP contribution >= 0.6 is 0 Å². The number of carbonyl (C=O) groups is 3. The minimum absolute atomic E-state index is 0.0610. The number of amides is 3. The van der Waals surface area contributed by atoms with Crippen LogP contribution in [0.4, 0.5) is 4.79 Å². The number of nitrogens with one attached hydrogen (secondary N) is 2. The van der Waals surface area contributed by atoms with Gasteiger partial charge in [-0.05, 0) is 0 Å². The molecule has 1 unspecified atom stereocenters. The zero-order valence-corrected chi connectivity index (χ0v) is 10.3. The molecule has 5 N–H and O–H groups in total. The number of carbonyl (C=O) groups excluding carboxylic acids is 2. The smallest absolute Gasteiger partial charge is 0.326 e. The first-order valence-electron chi connectivity index (χ1n) is 5.40. The fourth-order valence-corrected chi connectivity index (χ4v) is 1.38. The molecule has 1 aromatic heterocycles. The van der Waals surface area contributed by atoms with Crippen LogP contribution in [-0.2, 0) is 16.0 Å². The van der Waals surface area contributed by atoms with Gasteiger partial charge in [-0.2, -0.15) is 0 Å². The summed E-state index contributed by atoms with van der Waals surface area (Å²) in [4.78, 5) is 40.9. The van der Waals surface area contributed by atoms with Crippen LogP contribution in [0.25, 0.3) is 0 Å². The Balaban J connectivity index is 2.61. The Hall–Kier alpha value is -2.58. The van der Waals surface area contributed by atoms with Crippen LogP contribution in [0, 0.1) is 0 Å². The fraction of sp³-hybridized carbons (Fsp3) is 0.400. The first kappa shape index (κ1) is 14.5. The van der Waals surface area contributed by atoms with Gasteiger partial charge >= 0.3 is 12.0 Å². The van der Waals surface area contributed by atoms with Crippen LogP contribution in [0.15, 0.2) is 12.5 Å². The third-order valence-electron chi connectivity index (χ3n) is 2.31. The minimum atomic E-state index is -1.18. The molecule has 0 bridgehead atoms. The summed E-state index contributed by atoms with van der Waals surface area (Å²) in [6, 6.07) is -1.81. The van der Waals surface area contributed by atoms with Crippen LogP contribution in [0.1, 0.15) is 5.69 Å². The molecular weight excluding hydrogens is 254 g/mol. The first-order chi connectivity index (χ1) is 8.90. The second-order valence-corrected chi connectivity index (χ2v) is 3.94. The van der Waals surface area contributed by atoms with Gasteiger partial charge in [0.05, 0.1) is 6.33 Å². The summed E-state index contributed by atoms with van der Waals surface area (Å²) in [6.45, 7) is -0.289. The van der Waals surface area contributed by atoms with E-state index in [9.17, 15) is 14.4 Å². The second-order valence-electron chi connectivity index (χ2n) is 3.94. The van der Waals surface area contributed by atoms with Gasteiger partial charge in [0.2, 0.25) is 5.91 Å². The van der Waals surface area contributed by atoms with Crippen molar-refractivity contribution in [3.05, 3.63) is 18.2 Å². The molecule has 1 heterocycles. The summed E-state index contributed by atoms with van der Waals surface area (Å²) < 4.78 is 0. The van der Waals surface area contributed by atoms with Crippen molar-refractivity contribution in [3.8, 4) is 0 Å². The van der Waals surface area contributed by atoms with Gasteiger partial charge < -0.3 is 26.0 Å². The number of hydrogen-bond acceptors (Lipinski definition) is 4. The molecule has 0 saturated heterocycles. The molecule has 1 aromatic rings. The van der Waals surface area contributed by atoms with E-state index in [-0.39, 0.29) is 13.0 Å². The van der Waals surface area contributed by atoms with Gasteiger partial charge in [-0.25, -0.2) is 14.6 Å². The number of nitrogens with zero attached hydrogens (tertiary/aromatic N) is 2. The first-order valence-corrected chi connectivity index (χ1v) is 5.40. The topological polar surface area (TPSA) is 141 Å². The highest BCUT2D eigenvalue weighted by Crippen LogP contribution is 1.99. The summed E-state index contributed by atoms with van der Waals surface area (Å²) in [6.07, 6.45) is 2.94. The summed E-state index contributed by atoms with van der Waals surface area (Å²) in [7, 11) is 1.34. The van der Waals surface area contributed by atoms with E-state index in [1.807, 2.05) is 0 Å². The lowest BCUT2D eigenvalue weighted by atomic mass is 10.1. The molecule has 9 heteroatoms. The number of H-pyrrole nitrogens is 1. The van der Waals surface area contributed by atoms with Gasteiger partial charge in [0, 0.05) is 25.4 Å². The van der Waals surface area contributed by atoms with Crippen molar-refractivity contribution in [3.63, 3.8) is 0 Å². The highest BCUT2D eigenvalue weighted by Gasteiger charge is 2.23. The Kier molecular flexibility index (Phi) is 4.86.